The first-order valence-corrected chi connectivity index (χ1v) is 6.06. The Bertz CT molecular complexity index is 367. The van der Waals surface area contributed by atoms with E-state index in [1.807, 2.05) is 0 Å². The lowest BCUT2D eigenvalue weighted by molar-refractivity contribution is -0.123. The van der Waals surface area contributed by atoms with E-state index in [9.17, 15) is 4.79 Å². The van der Waals surface area contributed by atoms with E-state index in [2.05, 4.69) is 43.4 Å². The number of carbonyl (C=O) groups is 1. The van der Waals surface area contributed by atoms with Crippen LogP contribution in [0.4, 0.5) is 0 Å². The molecule has 1 aliphatic heterocycles. The van der Waals surface area contributed by atoms with Crippen LogP contribution in [-0.2, 0) is 4.79 Å². The van der Waals surface area contributed by atoms with Crippen LogP contribution in [0.1, 0.15) is 49.7 Å². The molecule has 16 heavy (non-hydrogen) atoms. The molecule has 2 nitrogen and oxygen atoms in total. The quantitative estimate of drug-likeness (QED) is 0.811. The number of nitrogens with one attached hydrogen (secondary N) is 1. The van der Waals surface area contributed by atoms with Crippen molar-refractivity contribution >= 4 is 5.91 Å². The van der Waals surface area contributed by atoms with Crippen molar-refractivity contribution in [3.05, 3.63) is 35.4 Å². The lowest BCUT2D eigenvalue weighted by Gasteiger charge is -2.22. The van der Waals surface area contributed by atoms with Crippen molar-refractivity contribution in [2.75, 3.05) is 6.54 Å². The van der Waals surface area contributed by atoms with Crippen molar-refractivity contribution in [3.63, 3.8) is 0 Å². The van der Waals surface area contributed by atoms with Gasteiger partial charge in [-0.1, -0.05) is 38.1 Å². The van der Waals surface area contributed by atoms with Gasteiger partial charge in [0, 0.05) is 6.54 Å². The van der Waals surface area contributed by atoms with Gasteiger partial charge in [-0.15, -0.1) is 0 Å². The number of hydrogen-bond donors (Lipinski definition) is 1. The van der Waals surface area contributed by atoms with Gasteiger partial charge in [-0.2, -0.15) is 0 Å². The smallest absolute Gasteiger partial charge is 0.227 e. The highest BCUT2D eigenvalue weighted by Gasteiger charge is 2.23. The molecule has 0 spiro atoms. The summed E-state index contributed by atoms with van der Waals surface area (Å²) in [6.45, 7) is 5.20. The first-order chi connectivity index (χ1) is 7.68. The van der Waals surface area contributed by atoms with Gasteiger partial charge < -0.3 is 5.32 Å². The average Bonchev–Trinajstić information content (AvgIpc) is 2.30. The Balaban J connectivity index is 2.17. The minimum absolute atomic E-state index is 0.0648. The molecule has 1 N–H and O–H groups in total. The second kappa shape index (κ2) is 4.69. The lowest BCUT2D eigenvalue weighted by atomic mass is 9.89. The van der Waals surface area contributed by atoms with Crippen molar-refractivity contribution in [1.29, 1.82) is 0 Å². The molecule has 86 valence electrons. The Hall–Kier alpha value is -1.31. The number of carbonyl (C=O) groups excluding carboxylic acids is 1. The third-order valence-corrected chi connectivity index (χ3v) is 3.29. The van der Waals surface area contributed by atoms with Crippen LogP contribution in [-0.4, -0.2) is 12.5 Å². The van der Waals surface area contributed by atoms with E-state index in [1.54, 1.807) is 0 Å². The second-order valence-corrected chi connectivity index (χ2v) is 4.81. The molecule has 1 aliphatic rings. The zero-order chi connectivity index (χ0) is 11.5. The Morgan fingerprint density at radius 2 is 1.94 bits per heavy atom. The molecule has 0 aromatic heterocycles. The lowest BCUT2D eigenvalue weighted by Crippen LogP contribution is -2.35. The molecule has 1 atom stereocenters. The Morgan fingerprint density at radius 3 is 2.50 bits per heavy atom. The van der Waals surface area contributed by atoms with Gasteiger partial charge in [0.25, 0.3) is 0 Å². The number of benzene rings is 1. The van der Waals surface area contributed by atoms with Gasteiger partial charge in [-0.25, -0.2) is 0 Å². The van der Waals surface area contributed by atoms with Crippen molar-refractivity contribution in [2.45, 2.75) is 38.5 Å². The molecule has 1 unspecified atom stereocenters. The summed E-state index contributed by atoms with van der Waals surface area (Å²) in [6.07, 6.45) is 2.06. The Kier molecular flexibility index (Phi) is 3.28. The summed E-state index contributed by atoms with van der Waals surface area (Å²) >= 11 is 0. The molecule has 0 aliphatic carbocycles. The summed E-state index contributed by atoms with van der Waals surface area (Å²) in [6, 6.07) is 8.49. The summed E-state index contributed by atoms with van der Waals surface area (Å²) in [5, 5.41) is 2.93. The molecule has 0 radical (unpaired) electrons. The molecule has 0 saturated carbocycles. The van der Waals surface area contributed by atoms with E-state index in [-0.39, 0.29) is 11.8 Å². The van der Waals surface area contributed by atoms with Crippen LogP contribution in [0.3, 0.4) is 0 Å². The topological polar surface area (TPSA) is 29.1 Å². The van der Waals surface area contributed by atoms with Gasteiger partial charge in [-0.3, -0.25) is 4.79 Å². The molecular formula is C14H19NO. The Morgan fingerprint density at radius 1 is 1.25 bits per heavy atom. The highest BCUT2D eigenvalue weighted by atomic mass is 16.1. The van der Waals surface area contributed by atoms with Gasteiger partial charge in [0.2, 0.25) is 5.91 Å². The minimum Gasteiger partial charge on any atom is -0.356 e. The number of rotatable bonds is 2. The van der Waals surface area contributed by atoms with Gasteiger partial charge in [0.15, 0.2) is 0 Å². The van der Waals surface area contributed by atoms with Gasteiger partial charge in [-0.05, 0) is 29.9 Å². The summed E-state index contributed by atoms with van der Waals surface area (Å²) in [5.41, 5.74) is 2.49. The second-order valence-electron chi connectivity index (χ2n) is 4.81. The third-order valence-electron chi connectivity index (χ3n) is 3.29. The fraction of sp³-hybridized carbons (Fsp3) is 0.500. The summed E-state index contributed by atoms with van der Waals surface area (Å²) in [7, 11) is 0. The summed E-state index contributed by atoms with van der Waals surface area (Å²) in [5.74, 6) is 0.799. The maximum absolute atomic E-state index is 11.7. The predicted molar refractivity (Wildman–Crippen MR) is 65.5 cm³/mol. The summed E-state index contributed by atoms with van der Waals surface area (Å²) < 4.78 is 0. The van der Waals surface area contributed by atoms with E-state index in [0.29, 0.717) is 5.92 Å². The molecule has 0 bridgehead atoms. The van der Waals surface area contributed by atoms with E-state index in [0.717, 1.165) is 24.9 Å². The first kappa shape index (κ1) is 11.2. The highest BCUT2D eigenvalue weighted by Crippen LogP contribution is 2.25. The summed E-state index contributed by atoms with van der Waals surface area (Å²) in [4.78, 5) is 11.7. The monoisotopic (exact) mass is 217 g/mol. The molecule has 1 amide bonds. The molecule has 1 aromatic carbocycles. The van der Waals surface area contributed by atoms with Crippen LogP contribution in [0.5, 0.6) is 0 Å². The zero-order valence-corrected chi connectivity index (χ0v) is 9.99. The van der Waals surface area contributed by atoms with Crippen LogP contribution in [0.25, 0.3) is 0 Å². The van der Waals surface area contributed by atoms with Crippen molar-refractivity contribution in [1.82, 2.24) is 5.32 Å². The normalized spacial score (nSPS) is 20.9. The molecule has 1 saturated heterocycles. The van der Waals surface area contributed by atoms with E-state index >= 15 is 0 Å². The van der Waals surface area contributed by atoms with Crippen LogP contribution >= 0.6 is 0 Å². The SMILES string of the molecule is CC(C)c1ccc(C2CCCNC2=O)cc1. The zero-order valence-electron chi connectivity index (χ0n) is 9.99. The van der Waals surface area contributed by atoms with E-state index in [4.69, 9.17) is 0 Å². The number of piperidine rings is 1. The van der Waals surface area contributed by atoms with Gasteiger partial charge in [0.05, 0.1) is 5.92 Å². The van der Waals surface area contributed by atoms with Crippen LogP contribution in [0.2, 0.25) is 0 Å². The molecule has 1 fully saturated rings. The van der Waals surface area contributed by atoms with Crippen LogP contribution < -0.4 is 5.32 Å². The van der Waals surface area contributed by atoms with Crippen molar-refractivity contribution in [3.8, 4) is 0 Å². The van der Waals surface area contributed by atoms with E-state index in [1.165, 1.54) is 5.56 Å². The Labute approximate surface area is 97.1 Å². The fourth-order valence-corrected chi connectivity index (χ4v) is 2.20. The van der Waals surface area contributed by atoms with Crippen LogP contribution in [0, 0.1) is 0 Å². The van der Waals surface area contributed by atoms with Crippen molar-refractivity contribution < 1.29 is 4.79 Å². The first-order valence-electron chi connectivity index (χ1n) is 6.06. The van der Waals surface area contributed by atoms with E-state index < -0.39 is 0 Å². The molecule has 1 aromatic rings. The fourth-order valence-electron chi connectivity index (χ4n) is 2.20. The number of amides is 1. The largest absolute Gasteiger partial charge is 0.356 e. The molecule has 2 rings (SSSR count). The highest BCUT2D eigenvalue weighted by molar-refractivity contribution is 5.84. The molecular weight excluding hydrogens is 198 g/mol. The molecule has 1 heterocycles. The number of hydrogen-bond acceptors (Lipinski definition) is 1. The van der Waals surface area contributed by atoms with Gasteiger partial charge >= 0.3 is 0 Å². The minimum atomic E-state index is 0.0648. The standard InChI is InChI=1S/C14H19NO/c1-10(2)11-5-7-12(8-6-11)13-4-3-9-15-14(13)16/h5-8,10,13H,3-4,9H2,1-2H3,(H,15,16). The predicted octanol–water partition coefficient (Wildman–Crippen LogP) is 2.80. The maximum atomic E-state index is 11.7. The van der Waals surface area contributed by atoms with Crippen LogP contribution in [0.15, 0.2) is 24.3 Å². The molecule has 2 heteroatoms. The van der Waals surface area contributed by atoms with Gasteiger partial charge in [0.1, 0.15) is 0 Å². The maximum Gasteiger partial charge on any atom is 0.227 e. The third kappa shape index (κ3) is 2.26. The average molecular weight is 217 g/mol. The van der Waals surface area contributed by atoms with Crippen molar-refractivity contribution in [2.24, 2.45) is 0 Å².